The Morgan fingerprint density at radius 3 is 2.65 bits per heavy atom. The molecule has 1 aliphatic carbocycles. The Kier molecular flexibility index (Phi) is 3.19. The van der Waals surface area contributed by atoms with Crippen molar-refractivity contribution in [1.82, 2.24) is 0 Å². The number of ether oxygens (including phenoxy) is 1. The zero-order valence-electron chi connectivity index (χ0n) is 9.55. The summed E-state index contributed by atoms with van der Waals surface area (Å²) in [5, 5.41) is 0. The molecule has 0 atom stereocenters. The zero-order valence-corrected chi connectivity index (χ0v) is 10.4. The third-order valence-electron chi connectivity index (χ3n) is 2.71. The summed E-state index contributed by atoms with van der Waals surface area (Å²) in [6, 6.07) is 4.36. The van der Waals surface area contributed by atoms with Crippen LogP contribution in [0.2, 0.25) is 0 Å². The molecule has 17 heavy (non-hydrogen) atoms. The van der Waals surface area contributed by atoms with Crippen molar-refractivity contribution in [2.45, 2.75) is 17.7 Å². The predicted octanol–water partition coefficient (Wildman–Crippen LogP) is 1.69. The molecule has 0 unspecified atom stereocenters. The number of aldehydes is 1. The molecule has 0 radical (unpaired) electrons. The van der Waals surface area contributed by atoms with E-state index in [-0.39, 0.29) is 10.5 Å². The van der Waals surface area contributed by atoms with Gasteiger partial charge < -0.3 is 4.74 Å². The number of benzene rings is 1. The molecule has 0 amide bonds. The van der Waals surface area contributed by atoms with E-state index in [2.05, 4.69) is 0 Å². The Bertz CT molecular complexity index is 529. The van der Waals surface area contributed by atoms with Gasteiger partial charge in [-0.1, -0.05) is 0 Å². The molecule has 0 bridgehead atoms. The van der Waals surface area contributed by atoms with E-state index in [4.69, 9.17) is 4.74 Å². The average molecular weight is 254 g/mol. The summed E-state index contributed by atoms with van der Waals surface area (Å²) in [7, 11) is -3.29. The minimum absolute atomic E-state index is 0.137. The molecule has 0 aromatic heterocycles. The van der Waals surface area contributed by atoms with Crippen LogP contribution < -0.4 is 4.74 Å². The SMILES string of the molecule is CS(=O)(=O)c1ccc(OCC2CC2)c(C=O)c1. The van der Waals surface area contributed by atoms with Gasteiger partial charge >= 0.3 is 0 Å². The number of rotatable bonds is 5. The summed E-state index contributed by atoms with van der Waals surface area (Å²) in [6.07, 6.45) is 4.06. The van der Waals surface area contributed by atoms with Crippen molar-refractivity contribution in [3.05, 3.63) is 23.8 Å². The van der Waals surface area contributed by atoms with Crippen LogP contribution in [-0.4, -0.2) is 27.6 Å². The largest absolute Gasteiger partial charge is 0.493 e. The van der Waals surface area contributed by atoms with Crippen molar-refractivity contribution in [3.63, 3.8) is 0 Å². The fourth-order valence-electron chi connectivity index (χ4n) is 1.47. The van der Waals surface area contributed by atoms with Gasteiger partial charge in [0.2, 0.25) is 0 Å². The predicted molar refractivity (Wildman–Crippen MR) is 63.2 cm³/mol. The standard InChI is InChI=1S/C12H14O4S/c1-17(14,15)11-4-5-12(10(6-11)7-13)16-8-9-2-3-9/h4-7,9H,2-3,8H2,1H3. The van der Waals surface area contributed by atoms with Crippen molar-refractivity contribution >= 4 is 16.1 Å². The van der Waals surface area contributed by atoms with Gasteiger partial charge in [0.25, 0.3) is 0 Å². The van der Waals surface area contributed by atoms with Gasteiger partial charge in [-0.25, -0.2) is 8.42 Å². The second kappa shape index (κ2) is 4.49. The van der Waals surface area contributed by atoms with E-state index in [0.29, 0.717) is 24.6 Å². The fourth-order valence-corrected chi connectivity index (χ4v) is 2.13. The maximum atomic E-state index is 11.3. The second-order valence-corrected chi connectivity index (χ2v) is 6.36. The van der Waals surface area contributed by atoms with E-state index in [1.54, 1.807) is 6.07 Å². The molecule has 5 heteroatoms. The highest BCUT2D eigenvalue weighted by Crippen LogP contribution is 2.30. The summed E-state index contributed by atoms with van der Waals surface area (Å²) < 4.78 is 28.2. The van der Waals surface area contributed by atoms with Gasteiger partial charge in [-0.05, 0) is 37.0 Å². The van der Waals surface area contributed by atoms with Crippen molar-refractivity contribution in [3.8, 4) is 5.75 Å². The molecule has 0 N–H and O–H groups in total. The third-order valence-corrected chi connectivity index (χ3v) is 3.82. The van der Waals surface area contributed by atoms with E-state index in [0.717, 1.165) is 19.1 Å². The Morgan fingerprint density at radius 2 is 2.12 bits per heavy atom. The first-order chi connectivity index (χ1) is 8.00. The van der Waals surface area contributed by atoms with E-state index < -0.39 is 9.84 Å². The normalized spacial score (nSPS) is 15.6. The van der Waals surface area contributed by atoms with Crippen molar-refractivity contribution in [1.29, 1.82) is 0 Å². The topological polar surface area (TPSA) is 60.4 Å². The van der Waals surface area contributed by atoms with Crippen LogP contribution in [-0.2, 0) is 9.84 Å². The number of hydrogen-bond acceptors (Lipinski definition) is 4. The van der Waals surface area contributed by atoms with E-state index in [1.165, 1.54) is 12.1 Å². The monoisotopic (exact) mass is 254 g/mol. The second-order valence-electron chi connectivity index (χ2n) is 4.34. The minimum atomic E-state index is -3.29. The third kappa shape index (κ3) is 3.06. The summed E-state index contributed by atoms with van der Waals surface area (Å²) >= 11 is 0. The van der Waals surface area contributed by atoms with Gasteiger partial charge in [0.05, 0.1) is 17.1 Å². The van der Waals surface area contributed by atoms with Gasteiger partial charge in [0.15, 0.2) is 16.1 Å². The first kappa shape index (κ1) is 12.1. The van der Waals surface area contributed by atoms with Gasteiger partial charge in [-0.15, -0.1) is 0 Å². The summed E-state index contributed by atoms with van der Waals surface area (Å²) in [5.41, 5.74) is 0.286. The maximum absolute atomic E-state index is 11.3. The first-order valence-corrected chi connectivity index (χ1v) is 7.32. The Hall–Kier alpha value is -1.36. The van der Waals surface area contributed by atoms with Crippen molar-refractivity contribution in [2.24, 2.45) is 5.92 Å². The lowest BCUT2D eigenvalue weighted by atomic mass is 10.2. The van der Waals surface area contributed by atoms with Gasteiger partial charge in [0, 0.05) is 6.26 Å². The van der Waals surface area contributed by atoms with E-state index in [9.17, 15) is 13.2 Å². The molecule has 1 aromatic rings. The lowest BCUT2D eigenvalue weighted by molar-refractivity contribution is 0.111. The Balaban J connectivity index is 2.24. The molecule has 0 spiro atoms. The van der Waals surface area contributed by atoms with Crippen molar-refractivity contribution < 1.29 is 17.9 Å². The first-order valence-electron chi connectivity index (χ1n) is 5.43. The maximum Gasteiger partial charge on any atom is 0.175 e. The van der Waals surface area contributed by atoms with Gasteiger partial charge in [-0.2, -0.15) is 0 Å². The number of carbonyl (C=O) groups excluding carboxylic acids is 1. The molecule has 0 aliphatic heterocycles. The highest BCUT2D eigenvalue weighted by Gasteiger charge is 2.22. The Morgan fingerprint density at radius 1 is 1.41 bits per heavy atom. The van der Waals surface area contributed by atoms with Crippen molar-refractivity contribution in [2.75, 3.05) is 12.9 Å². The molecule has 0 heterocycles. The van der Waals surface area contributed by atoms with Crippen LogP contribution in [0.15, 0.2) is 23.1 Å². The minimum Gasteiger partial charge on any atom is -0.493 e. The van der Waals surface area contributed by atoms with Crippen LogP contribution in [0, 0.1) is 5.92 Å². The number of hydrogen-bond donors (Lipinski definition) is 0. The fraction of sp³-hybridized carbons (Fsp3) is 0.417. The summed E-state index contributed by atoms with van der Waals surface area (Å²) in [4.78, 5) is 11.0. The number of sulfone groups is 1. The van der Waals surface area contributed by atoms with E-state index in [1.807, 2.05) is 0 Å². The van der Waals surface area contributed by atoms with Crippen LogP contribution in [0.3, 0.4) is 0 Å². The van der Waals surface area contributed by atoms with Crippen LogP contribution in [0.4, 0.5) is 0 Å². The van der Waals surface area contributed by atoms with Gasteiger partial charge in [-0.3, -0.25) is 4.79 Å². The Labute approximate surface area is 101 Å². The highest BCUT2D eigenvalue weighted by molar-refractivity contribution is 7.90. The van der Waals surface area contributed by atoms with Crippen LogP contribution >= 0.6 is 0 Å². The van der Waals surface area contributed by atoms with E-state index >= 15 is 0 Å². The van der Waals surface area contributed by atoms with Crippen LogP contribution in [0.5, 0.6) is 5.75 Å². The zero-order chi connectivity index (χ0) is 12.5. The summed E-state index contributed by atoms with van der Waals surface area (Å²) in [6.45, 7) is 0.596. The number of carbonyl (C=O) groups is 1. The van der Waals surface area contributed by atoms with Crippen LogP contribution in [0.25, 0.3) is 0 Å². The smallest absolute Gasteiger partial charge is 0.175 e. The molecule has 2 rings (SSSR count). The molecule has 1 saturated carbocycles. The molecule has 1 fully saturated rings. The molecule has 1 aliphatic rings. The lowest BCUT2D eigenvalue weighted by Gasteiger charge is -2.08. The van der Waals surface area contributed by atoms with Crippen LogP contribution in [0.1, 0.15) is 23.2 Å². The lowest BCUT2D eigenvalue weighted by Crippen LogP contribution is -2.03. The average Bonchev–Trinajstić information content (AvgIpc) is 3.08. The molecule has 1 aromatic carbocycles. The molecule has 0 saturated heterocycles. The van der Waals surface area contributed by atoms with Gasteiger partial charge in [0.1, 0.15) is 5.75 Å². The molecule has 92 valence electrons. The molecular weight excluding hydrogens is 240 g/mol. The summed E-state index contributed by atoms with van der Waals surface area (Å²) in [5.74, 6) is 1.04. The molecular formula is C12H14O4S. The molecule has 4 nitrogen and oxygen atoms in total. The quantitative estimate of drug-likeness (QED) is 0.750. The highest BCUT2D eigenvalue weighted by atomic mass is 32.2.